The molecule has 0 atom stereocenters. The summed E-state index contributed by atoms with van der Waals surface area (Å²) in [4.78, 5) is 24.6. The van der Waals surface area contributed by atoms with E-state index in [-0.39, 0.29) is 12.5 Å². The molecule has 0 radical (unpaired) electrons. The summed E-state index contributed by atoms with van der Waals surface area (Å²) in [6.45, 7) is 4.06. The van der Waals surface area contributed by atoms with Crippen LogP contribution < -0.4 is 5.32 Å². The summed E-state index contributed by atoms with van der Waals surface area (Å²) in [6, 6.07) is 1.72. The molecule has 0 bridgehead atoms. The number of aliphatic hydroxyl groups excluding tert-OH is 1. The van der Waals surface area contributed by atoms with Crippen molar-refractivity contribution < 1.29 is 19.4 Å². The predicted molar refractivity (Wildman–Crippen MR) is 78.2 cm³/mol. The molecule has 110 valence electrons. The number of aryl methyl sites for hydroxylation is 1. The van der Waals surface area contributed by atoms with Gasteiger partial charge >= 0.3 is 5.97 Å². The van der Waals surface area contributed by atoms with Crippen molar-refractivity contribution in [3.05, 3.63) is 33.0 Å². The highest BCUT2D eigenvalue weighted by molar-refractivity contribution is 7.16. The van der Waals surface area contributed by atoms with E-state index in [4.69, 9.17) is 9.84 Å². The van der Waals surface area contributed by atoms with Crippen molar-refractivity contribution in [1.29, 1.82) is 0 Å². The Morgan fingerprint density at radius 2 is 2.20 bits per heavy atom. The summed E-state index contributed by atoms with van der Waals surface area (Å²) >= 11 is 1.13. The first-order chi connectivity index (χ1) is 9.53. The molecular formula is C14H19NO4S. The second-order valence-corrected chi connectivity index (χ2v) is 5.28. The average Bonchev–Trinajstić information content (AvgIpc) is 2.88. The Bertz CT molecular complexity index is 519. The van der Waals surface area contributed by atoms with Crippen molar-refractivity contribution in [2.24, 2.45) is 0 Å². The van der Waals surface area contributed by atoms with Crippen LogP contribution in [0, 0.1) is 0 Å². The number of thiophene rings is 1. The van der Waals surface area contributed by atoms with Gasteiger partial charge in [-0.15, -0.1) is 11.3 Å². The van der Waals surface area contributed by atoms with E-state index < -0.39 is 5.97 Å². The summed E-state index contributed by atoms with van der Waals surface area (Å²) in [7, 11) is 1.32. The summed E-state index contributed by atoms with van der Waals surface area (Å²) in [5.74, 6) is -0.646. The van der Waals surface area contributed by atoms with E-state index in [1.807, 2.05) is 13.8 Å². The topological polar surface area (TPSA) is 75.6 Å². The van der Waals surface area contributed by atoms with Gasteiger partial charge in [-0.25, -0.2) is 4.79 Å². The van der Waals surface area contributed by atoms with Crippen LogP contribution in [0.1, 0.15) is 38.8 Å². The minimum atomic E-state index is -0.415. The molecule has 20 heavy (non-hydrogen) atoms. The number of esters is 1. The Morgan fingerprint density at radius 1 is 1.50 bits per heavy atom. The first-order valence-corrected chi connectivity index (χ1v) is 7.10. The van der Waals surface area contributed by atoms with Gasteiger partial charge in [-0.05, 0) is 25.0 Å². The number of hydrogen-bond donors (Lipinski definition) is 2. The molecule has 0 fully saturated rings. The molecule has 0 unspecified atom stereocenters. The maximum absolute atomic E-state index is 12.0. The third-order valence-electron chi connectivity index (χ3n) is 2.75. The molecule has 0 saturated carbocycles. The number of ether oxygens (including phenoxy) is 1. The lowest BCUT2D eigenvalue weighted by molar-refractivity contribution is 0.0605. The summed E-state index contributed by atoms with van der Waals surface area (Å²) in [5.41, 5.74) is 1.69. The number of nitrogens with one attached hydrogen (secondary N) is 1. The Labute approximate surface area is 122 Å². The van der Waals surface area contributed by atoms with Crippen molar-refractivity contribution >= 4 is 23.2 Å². The normalized spacial score (nSPS) is 11.3. The fourth-order valence-corrected chi connectivity index (χ4v) is 2.69. The quantitative estimate of drug-likeness (QED) is 0.620. The van der Waals surface area contributed by atoms with Gasteiger partial charge in [0.1, 0.15) is 4.88 Å². The fourth-order valence-electron chi connectivity index (χ4n) is 1.60. The van der Waals surface area contributed by atoms with Crippen molar-refractivity contribution in [1.82, 2.24) is 5.32 Å². The zero-order valence-corrected chi connectivity index (χ0v) is 12.7. The third kappa shape index (κ3) is 4.18. The highest BCUT2D eigenvalue weighted by atomic mass is 32.1. The number of hydrogen-bond acceptors (Lipinski definition) is 5. The second kappa shape index (κ2) is 7.81. The molecule has 0 aliphatic heterocycles. The number of amides is 1. The van der Waals surface area contributed by atoms with Crippen LogP contribution in [0.3, 0.4) is 0 Å². The van der Waals surface area contributed by atoms with Gasteiger partial charge in [0, 0.05) is 6.54 Å². The van der Waals surface area contributed by atoms with Crippen LogP contribution in [0.4, 0.5) is 0 Å². The number of carbonyl (C=O) groups excluding carboxylic acids is 2. The zero-order chi connectivity index (χ0) is 15.1. The summed E-state index contributed by atoms with van der Waals surface area (Å²) in [5, 5.41) is 11.5. The molecule has 6 heteroatoms. The van der Waals surface area contributed by atoms with Crippen LogP contribution in [0.5, 0.6) is 0 Å². The maximum Gasteiger partial charge on any atom is 0.348 e. The van der Waals surface area contributed by atoms with Crippen LogP contribution in [0.2, 0.25) is 0 Å². The molecule has 5 nitrogen and oxygen atoms in total. The average molecular weight is 297 g/mol. The molecule has 0 aromatic carbocycles. The van der Waals surface area contributed by atoms with Crippen LogP contribution in [-0.4, -0.2) is 37.2 Å². The number of carbonyl (C=O) groups is 2. The van der Waals surface area contributed by atoms with E-state index in [0.29, 0.717) is 22.7 Å². The maximum atomic E-state index is 12.0. The molecule has 1 heterocycles. The van der Waals surface area contributed by atoms with Gasteiger partial charge < -0.3 is 15.2 Å². The molecular weight excluding hydrogens is 278 g/mol. The van der Waals surface area contributed by atoms with E-state index in [1.54, 1.807) is 12.1 Å². The van der Waals surface area contributed by atoms with Gasteiger partial charge in [0.2, 0.25) is 0 Å². The van der Waals surface area contributed by atoms with E-state index in [9.17, 15) is 9.59 Å². The molecule has 1 rings (SSSR count). The van der Waals surface area contributed by atoms with E-state index in [1.165, 1.54) is 7.11 Å². The highest BCUT2D eigenvalue weighted by Gasteiger charge is 2.18. The minimum Gasteiger partial charge on any atom is -0.465 e. The smallest absolute Gasteiger partial charge is 0.348 e. The molecule has 0 saturated heterocycles. The zero-order valence-electron chi connectivity index (χ0n) is 11.9. The van der Waals surface area contributed by atoms with Crippen molar-refractivity contribution in [3.63, 3.8) is 0 Å². The summed E-state index contributed by atoms with van der Waals surface area (Å²) < 4.78 is 4.70. The van der Waals surface area contributed by atoms with Crippen molar-refractivity contribution in [2.75, 3.05) is 20.3 Å². The summed E-state index contributed by atoms with van der Waals surface area (Å²) in [6.07, 6.45) is 2.30. The Kier molecular flexibility index (Phi) is 6.41. The van der Waals surface area contributed by atoms with Gasteiger partial charge in [0.05, 0.1) is 18.6 Å². The van der Waals surface area contributed by atoms with Crippen LogP contribution in [0.15, 0.2) is 17.7 Å². The van der Waals surface area contributed by atoms with Crippen LogP contribution in [0.25, 0.3) is 0 Å². The first-order valence-electron chi connectivity index (χ1n) is 6.29. The Balaban J connectivity index is 2.81. The Morgan fingerprint density at radius 3 is 2.75 bits per heavy atom. The fraction of sp³-hybridized carbons (Fsp3) is 0.429. The third-order valence-corrected chi connectivity index (χ3v) is 3.91. The lowest BCUT2D eigenvalue weighted by Gasteiger charge is -2.03. The second-order valence-electron chi connectivity index (χ2n) is 4.23. The van der Waals surface area contributed by atoms with E-state index in [2.05, 4.69) is 5.32 Å². The standard InChI is InChI=1S/C14H19NO4S/c1-4-10-7-11(20-12(10)14(18)19-3)13(17)15-8-9(2)5-6-16/h5,7,16H,4,6,8H2,1-3H3,(H,15,17). The molecule has 0 aliphatic rings. The SMILES string of the molecule is CCc1cc(C(=O)NCC(C)=CCO)sc1C(=O)OC. The van der Waals surface area contributed by atoms with Crippen molar-refractivity contribution in [2.45, 2.75) is 20.3 Å². The predicted octanol–water partition coefficient (Wildman–Crippen LogP) is 1.77. The first kappa shape index (κ1) is 16.4. The van der Waals surface area contributed by atoms with Crippen LogP contribution >= 0.6 is 11.3 Å². The Hall–Kier alpha value is -1.66. The molecule has 0 spiro atoms. The van der Waals surface area contributed by atoms with Gasteiger partial charge in [-0.2, -0.15) is 0 Å². The number of aliphatic hydroxyl groups is 1. The van der Waals surface area contributed by atoms with Gasteiger partial charge in [0.25, 0.3) is 5.91 Å². The van der Waals surface area contributed by atoms with Crippen molar-refractivity contribution in [3.8, 4) is 0 Å². The number of rotatable bonds is 6. The van der Waals surface area contributed by atoms with Gasteiger partial charge in [-0.1, -0.05) is 18.6 Å². The van der Waals surface area contributed by atoms with Gasteiger partial charge in [-0.3, -0.25) is 4.79 Å². The van der Waals surface area contributed by atoms with E-state index in [0.717, 1.165) is 22.5 Å². The molecule has 1 aromatic heterocycles. The molecule has 2 N–H and O–H groups in total. The monoisotopic (exact) mass is 297 g/mol. The highest BCUT2D eigenvalue weighted by Crippen LogP contribution is 2.24. The minimum absolute atomic E-state index is 0.0484. The molecule has 1 amide bonds. The van der Waals surface area contributed by atoms with E-state index >= 15 is 0 Å². The number of methoxy groups -OCH3 is 1. The largest absolute Gasteiger partial charge is 0.465 e. The molecule has 0 aliphatic carbocycles. The lowest BCUT2D eigenvalue weighted by Crippen LogP contribution is -2.24. The molecule has 1 aromatic rings. The lowest BCUT2D eigenvalue weighted by atomic mass is 10.2. The van der Waals surface area contributed by atoms with Crippen LogP contribution in [-0.2, 0) is 11.2 Å². The van der Waals surface area contributed by atoms with Gasteiger partial charge in [0.15, 0.2) is 0 Å².